The second kappa shape index (κ2) is 5.39. The average Bonchev–Trinajstić information content (AvgIpc) is 2.93. The largest absolute Gasteiger partial charge is 0.303 e. The zero-order chi connectivity index (χ0) is 13.8. The van der Waals surface area contributed by atoms with Crippen molar-refractivity contribution in [2.45, 2.75) is 0 Å². The highest BCUT2D eigenvalue weighted by Crippen LogP contribution is 2.23. The quantitative estimate of drug-likeness (QED) is 0.266. The fourth-order valence-electron chi connectivity index (χ4n) is 1.98. The summed E-state index contributed by atoms with van der Waals surface area (Å²) < 4.78 is 0. The zero-order valence-corrected chi connectivity index (χ0v) is 9.93. The Labute approximate surface area is 109 Å². The van der Waals surface area contributed by atoms with E-state index in [9.17, 15) is 19.7 Å². The van der Waals surface area contributed by atoms with E-state index in [0.717, 1.165) is 0 Å². The Bertz CT molecular complexity index is 577. The number of non-ortho nitro benzene ring substituents is 1. The monoisotopic (exact) mass is 257 g/mol. The van der Waals surface area contributed by atoms with Crippen molar-refractivity contribution >= 4 is 17.8 Å². The molecule has 0 saturated heterocycles. The maximum Gasteiger partial charge on any atom is 0.270 e. The zero-order valence-electron chi connectivity index (χ0n) is 9.93. The maximum absolute atomic E-state index is 12.2. The van der Waals surface area contributed by atoms with Crippen LogP contribution in [-0.2, 0) is 4.79 Å². The van der Waals surface area contributed by atoms with Gasteiger partial charge in [0.1, 0.15) is 6.29 Å². The van der Waals surface area contributed by atoms with Crippen LogP contribution in [0.4, 0.5) is 5.69 Å². The summed E-state index contributed by atoms with van der Waals surface area (Å²) in [5.74, 6) is -1.51. The Kier molecular flexibility index (Phi) is 3.66. The van der Waals surface area contributed by atoms with Crippen molar-refractivity contribution in [1.82, 2.24) is 0 Å². The number of carbonyl (C=O) groups is 2. The molecular formula is C14H11NO4. The minimum Gasteiger partial charge on any atom is -0.303 e. The van der Waals surface area contributed by atoms with E-state index in [0.29, 0.717) is 6.29 Å². The summed E-state index contributed by atoms with van der Waals surface area (Å²) in [6.07, 6.45) is 7.64. The molecule has 1 aliphatic rings. The molecule has 1 aromatic rings. The lowest BCUT2D eigenvalue weighted by atomic mass is 9.87. The van der Waals surface area contributed by atoms with Gasteiger partial charge in [-0.1, -0.05) is 36.4 Å². The molecule has 1 aromatic carbocycles. The summed E-state index contributed by atoms with van der Waals surface area (Å²) in [6.45, 7) is 0. The molecule has 0 amide bonds. The third-order valence-corrected chi connectivity index (χ3v) is 2.98. The van der Waals surface area contributed by atoms with E-state index >= 15 is 0 Å². The van der Waals surface area contributed by atoms with Gasteiger partial charge in [0.15, 0.2) is 5.78 Å². The molecule has 0 heterocycles. The van der Waals surface area contributed by atoms with Crippen LogP contribution in [0.1, 0.15) is 10.4 Å². The molecule has 19 heavy (non-hydrogen) atoms. The summed E-state index contributed by atoms with van der Waals surface area (Å²) in [5, 5.41) is 10.7. The van der Waals surface area contributed by atoms with Gasteiger partial charge in [0.25, 0.3) is 5.69 Å². The molecule has 5 heteroatoms. The topological polar surface area (TPSA) is 77.3 Å². The Balaban J connectivity index is 2.29. The Morgan fingerprint density at radius 3 is 2.58 bits per heavy atom. The normalized spacial score (nSPS) is 15.4. The molecule has 2 rings (SSSR count). The van der Waals surface area contributed by atoms with Crippen LogP contribution < -0.4 is 0 Å². The lowest BCUT2D eigenvalue weighted by Crippen LogP contribution is -2.22. The van der Waals surface area contributed by atoms with Crippen LogP contribution in [0, 0.1) is 22.0 Å². The van der Waals surface area contributed by atoms with Crippen LogP contribution in [0.15, 0.2) is 48.6 Å². The van der Waals surface area contributed by atoms with Crippen LogP contribution in [0.3, 0.4) is 0 Å². The molecule has 1 atom stereocenters. The van der Waals surface area contributed by atoms with E-state index < -0.39 is 16.6 Å². The fourth-order valence-corrected chi connectivity index (χ4v) is 1.98. The predicted octanol–water partition coefficient (Wildman–Crippen LogP) is 2.33. The highest BCUT2D eigenvalue weighted by molar-refractivity contribution is 6.06. The number of nitro groups is 1. The van der Waals surface area contributed by atoms with E-state index in [4.69, 9.17) is 0 Å². The van der Waals surface area contributed by atoms with Gasteiger partial charge < -0.3 is 4.79 Å². The van der Waals surface area contributed by atoms with Crippen molar-refractivity contribution in [2.24, 2.45) is 11.8 Å². The van der Waals surface area contributed by atoms with Crippen molar-refractivity contribution in [3.8, 4) is 0 Å². The highest BCUT2D eigenvalue weighted by Gasteiger charge is 2.27. The van der Waals surface area contributed by atoms with Crippen molar-refractivity contribution in [3.05, 3.63) is 64.2 Å². The molecule has 0 bridgehead atoms. The summed E-state index contributed by atoms with van der Waals surface area (Å²) in [4.78, 5) is 33.4. The molecule has 5 nitrogen and oxygen atoms in total. The molecule has 0 saturated carbocycles. The minimum absolute atomic E-state index is 0.159. The van der Waals surface area contributed by atoms with Gasteiger partial charge in [0.2, 0.25) is 0 Å². The van der Waals surface area contributed by atoms with Gasteiger partial charge in [-0.2, -0.15) is 0 Å². The maximum atomic E-state index is 12.2. The second-order valence-corrected chi connectivity index (χ2v) is 4.18. The molecular weight excluding hydrogens is 246 g/mol. The number of rotatable bonds is 5. The van der Waals surface area contributed by atoms with Crippen LogP contribution >= 0.6 is 0 Å². The van der Waals surface area contributed by atoms with E-state index in [-0.39, 0.29) is 17.2 Å². The molecule has 0 fully saturated rings. The van der Waals surface area contributed by atoms with Gasteiger partial charge in [-0.3, -0.25) is 14.9 Å². The first-order valence-corrected chi connectivity index (χ1v) is 5.72. The van der Waals surface area contributed by atoms with E-state index in [1.807, 2.05) is 0 Å². The molecule has 0 radical (unpaired) electrons. The SMILES string of the molecule is O=CC(C(=O)c1cccc([N+](=O)[O-])c1)C1C=CC=C1. The highest BCUT2D eigenvalue weighted by atomic mass is 16.6. The Morgan fingerprint density at radius 2 is 2.00 bits per heavy atom. The first kappa shape index (κ1) is 12.9. The number of hydrogen-bond acceptors (Lipinski definition) is 4. The third-order valence-electron chi connectivity index (χ3n) is 2.98. The van der Waals surface area contributed by atoms with Gasteiger partial charge in [0, 0.05) is 23.6 Å². The number of nitro benzene ring substituents is 1. The van der Waals surface area contributed by atoms with Crippen LogP contribution in [0.2, 0.25) is 0 Å². The first-order valence-electron chi connectivity index (χ1n) is 5.72. The smallest absolute Gasteiger partial charge is 0.270 e. The molecule has 1 aliphatic carbocycles. The summed E-state index contributed by atoms with van der Waals surface area (Å²) in [7, 11) is 0. The number of carbonyl (C=O) groups excluding carboxylic acids is 2. The second-order valence-electron chi connectivity index (χ2n) is 4.18. The number of aldehydes is 1. The number of Topliss-reactive ketones (excluding diaryl/α,β-unsaturated/α-hetero) is 1. The molecule has 0 spiro atoms. The molecule has 0 N–H and O–H groups in total. The Morgan fingerprint density at radius 1 is 1.32 bits per heavy atom. The summed E-state index contributed by atoms with van der Waals surface area (Å²) in [6, 6.07) is 5.42. The third kappa shape index (κ3) is 2.65. The van der Waals surface area contributed by atoms with Crippen LogP contribution in [-0.4, -0.2) is 17.0 Å². The molecule has 1 unspecified atom stereocenters. The summed E-state index contributed by atoms with van der Waals surface area (Å²) >= 11 is 0. The molecule has 0 aromatic heterocycles. The van der Waals surface area contributed by atoms with Gasteiger partial charge in [0.05, 0.1) is 10.8 Å². The van der Waals surface area contributed by atoms with Crippen molar-refractivity contribution in [3.63, 3.8) is 0 Å². The van der Waals surface area contributed by atoms with Gasteiger partial charge in [-0.15, -0.1) is 0 Å². The van der Waals surface area contributed by atoms with Gasteiger partial charge in [-0.25, -0.2) is 0 Å². The fraction of sp³-hybridized carbons (Fsp3) is 0.143. The van der Waals surface area contributed by atoms with E-state index in [1.54, 1.807) is 24.3 Å². The number of hydrogen-bond donors (Lipinski definition) is 0. The van der Waals surface area contributed by atoms with Crippen molar-refractivity contribution in [2.75, 3.05) is 0 Å². The summed E-state index contributed by atoms with van der Waals surface area (Å²) in [5.41, 5.74) is 0.0213. The van der Waals surface area contributed by atoms with Gasteiger partial charge >= 0.3 is 0 Å². The molecule has 0 aliphatic heterocycles. The number of benzene rings is 1. The molecule has 96 valence electrons. The van der Waals surface area contributed by atoms with Crippen molar-refractivity contribution in [1.29, 1.82) is 0 Å². The number of allylic oxidation sites excluding steroid dienone is 4. The van der Waals surface area contributed by atoms with E-state index in [2.05, 4.69) is 0 Å². The van der Waals surface area contributed by atoms with Crippen LogP contribution in [0.5, 0.6) is 0 Å². The van der Waals surface area contributed by atoms with Crippen molar-refractivity contribution < 1.29 is 14.5 Å². The standard InChI is InChI=1S/C14H11NO4/c16-9-13(10-4-1-2-5-10)14(17)11-6-3-7-12(8-11)15(18)19/h1-10,13H. The average molecular weight is 257 g/mol. The minimum atomic E-state index is -0.836. The van der Waals surface area contributed by atoms with E-state index in [1.165, 1.54) is 24.3 Å². The number of ketones is 1. The number of nitrogens with zero attached hydrogens (tertiary/aromatic N) is 1. The predicted molar refractivity (Wildman–Crippen MR) is 68.8 cm³/mol. The Hall–Kier alpha value is -2.56. The van der Waals surface area contributed by atoms with Gasteiger partial charge in [-0.05, 0) is 0 Å². The lowest BCUT2D eigenvalue weighted by molar-refractivity contribution is -0.384. The lowest BCUT2D eigenvalue weighted by Gasteiger charge is -2.13. The first-order chi connectivity index (χ1) is 9.13. The van der Waals surface area contributed by atoms with Crippen LogP contribution in [0.25, 0.3) is 0 Å².